The zero-order chi connectivity index (χ0) is 13.8. The van der Waals surface area contributed by atoms with Gasteiger partial charge in [-0.15, -0.1) is 11.3 Å². The van der Waals surface area contributed by atoms with Crippen molar-refractivity contribution in [2.75, 3.05) is 12.4 Å². The highest BCUT2D eigenvalue weighted by Crippen LogP contribution is 2.28. The van der Waals surface area contributed by atoms with Gasteiger partial charge in [-0.25, -0.2) is 4.79 Å². The smallest absolute Gasteiger partial charge is 0.331 e. The number of carbonyl (C=O) groups is 1. The third kappa shape index (κ3) is 3.06. The first-order chi connectivity index (χ1) is 9.11. The maximum absolute atomic E-state index is 11.4. The van der Waals surface area contributed by atoms with Gasteiger partial charge in [-0.3, -0.25) is 0 Å². The fraction of sp³-hybridized carbons (Fsp3) is 0.214. The van der Waals surface area contributed by atoms with Crippen molar-refractivity contribution >= 4 is 23.0 Å². The standard InChI is InChI=1S/C14H15NO3S/c1-9-6-7-19-13(9)12(14(16)17)15-10-4-3-5-11(8-10)18-2/h3-8,12,15H,1-2H3,(H,16,17). The molecule has 1 unspecified atom stereocenters. The highest BCUT2D eigenvalue weighted by atomic mass is 32.1. The van der Waals surface area contributed by atoms with Gasteiger partial charge in [0.15, 0.2) is 6.04 Å². The molecule has 1 aromatic heterocycles. The summed E-state index contributed by atoms with van der Waals surface area (Å²) in [6.45, 7) is 1.91. The number of rotatable bonds is 5. The number of carboxylic acid groups (broad SMARTS) is 1. The molecule has 1 aromatic carbocycles. The highest BCUT2D eigenvalue weighted by molar-refractivity contribution is 7.10. The van der Waals surface area contributed by atoms with Crippen molar-refractivity contribution in [2.45, 2.75) is 13.0 Å². The number of methoxy groups -OCH3 is 1. The molecule has 0 spiro atoms. The van der Waals surface area contributed by atoms with Gasteiger partial charge in [0.05, 0.1) is 7.11 Å². The van der Waals surface area contributed by atoms with E-state index in [1.165, 1.54) is 11.3 Å². The number of aryl methyl sites for hydroxylation is 1. The first-order valence-corrected chi connectivity index (χ1v) is 6.67. The molecular weight excluding hydrogens is 262 g/mol. The van der Waals surface area contributed by atoms with E-state index >= 15 is 0 Å². The molecule has 0 saturated carbocycles. The third-order valence-corrected chi connectivity index (χ3v) is 3.88. The lowest BCUT2D eigenvalue weighted by Gasteiger charge is -2.16. The normalized spacial score (nSPS) is 11.9. The first kappa shape index (κ1) is 13.4. The molecule has 0 amide bonds. The van der Waals surface area contributed by atoms with Crippen molar-refractivity contribution in [2.24, 2.45) is 0 Å². The summed E-state index contributed by atoms with van der Waals surface area (Å²) >= 11 is 1.44. The molecule has 1 heterocycles. The largest absolute Gasteiger partial charge is 0.497 e. The SMILES string of the molecule is COc1cccc(NC(C(=O)O)c2sccc2C)c1. The van der Waals surface area contributed by atoms with Gasteiger partial charge in [-0.2, -0.15) is 0 Å². The van der Waals surface area contributed by atoms with Crippen LogP contribution in [0.1, 0.15) is 16.5 Å². The van der Waals surface area contributed by atoms with Gasteiger partial charge in [0, 0.05) is 16.6 Å². The molecular formula is C14H15NO3S. The molecule has 2 N–H and O–H groups in total. The zero-order valence-corrected chi connectivity index (χ0v) is 11.5. The second kappa shape index (κ2) is 5.75. The van der Waals surface area contributed by atoms with E-state index in [0.717, 1.165) is 16.1 Å². The van der Waals surface area contributed by atoms with Crippen molar-refractivity contribution in [3.8, 4) is 5.75 Å². The Morgan fingerprint density at radius 1 is 1.42 bits per heavy atom. The minimum absolute atomic E-state index is 0.692. The van der Waals surface area contributed by atoms with Crippen molar-refractivity contribution in [1.82, 2.24) is 0 Å². The Labute approximate surface area is 115 Å². The minimum atomic E-state index is -0.895. The van der Waals surface area contributed by atoms with E-state index in [1.54, 1.807) is 13.2 Å². The van der Waals surface area contributed by atoms with Crippen LogP contribution in [0.2, 0.25) is 0 Å². The van der Waals surface area contributed by atoms with Crippen molar-refractivity contribution in [3.63, 3.8) is 0 Å². The van der Waals surface area contributed by atoms with E-state index in [0.29, 0.717) is 5.75 Å². The summed E-state index contributed by atoms with van der Waals surface area (Å²) in [5.74, 6) is -0.203. The Kier molecular flexibility index (Phi) is 4.06. The van der Waals surface area contributed by atoms with Crippen LogP contribution >= 0.6 is 11.3 Å². The van der Waals surface area contributed by atoms with Crippen LogP contribution in [0.4, 0.5) is 5.69 Å². The van der Waals surface area contributed by atoms with E-state index < -0.39 is 12.0 Å². The topological polar surface area (TPSA) is 58.6 Å². The summed E-state index contributed by atoms with van der Waals surface area (Å²) in [6.07, 6.45) is 0. The Morgan fingerprint density at radius 2 is 2.21 bits per heavy atom. The first-order valence-electron chi connectivity index (χ1n) is 5.79. The number of aliphatic carboxylic acids is 1. The summed E-state index contributed by atoms with van der Waals surface area (Å²) < 4.78 is 5.13. The summed E-state index contributed by atoms with van der Waals surface area (Å²) in [6, 6.07) is 8.41. The van der Waals surface area contributed by atoms with Crippen LogP contribution in [-0.4, -0.2) is 18.2 Å². The lowest BCUT2D eigenvalue weighted by atomic mass is 10.1. The average Bonchev–Trinajstić information content (AvgIpc) is 2.82. The summed E-state index contributed by atoms with van der Waals surface area (Å²) in [4.78, 5) is 12.2. The van der Waals surface area contributed by atoms with Gasteiger partial charge in [0.2, 0.25) is 0 Å². The van der Waals surface area contributed by atoms with Gasteiger partial charge < -0.3 is 15.2 Å². The second-order valence-corrected chi connectivity index (χ2v) is 5.06. The fourth-order valence-electron chi connectivity index (χ4n) is 1.80. The van der Waals surface area contributed by atoms with E-state index in [4.69, 9.17) is 4.74 Å². The average molecular weight is 277 g/mol. The van der Waals surface area contributed by atoms with Crippen LogP contribution in [0.25, 0.3) is 0 Å². The number of thiophene rings is 1. The molecule has 19 heavy (non-hydrogen) atoms. The fourth-order valence-corrected chi connectivity index (χ4v) is 2.77. The predicted octanol–water partition coefficient (Wildman–Crippen LogP) is 3.30. The van der Waals surface area contributed by atoms with Gasteiger partial charge >= 0.3 is 5.97 Å². The number of benzene rings is 1. The molecule has 0 bridgehead atoms. The minimum Gasteiger partial charge on any atom is -0.497 e. The summed E-state index contributed by atoms with van der Waals surface area (Å²) in [7, 11) is 1.58. The van der Waals surface area contributed by atoms with Crippen LogP contribution in [0.5, 0.6) is 5.75 Å². The number of anilines is 1. The van der Waals surface area contributed by atoms with Crippen molar-refractivity contribution < 1.29 is 14.6 Å². The molecule has 0 saturated heterocycles. The maximum Gasteiger partial charge on any atom is 0.331 e. The molecule has 0 aliphatic heterocycles. The lowest BCUT2D eigenvalue weighted by molar-refractivity contribution is -0.138. The zero-order valence-electron chi connectivity index (χ0n) is 10.7. The van der Waals surface area contributed by atoms with Gasteiger partial charge in [0.25, 0.3) is 0 Å². The van der Waals surface area contributed by atoms with E-state index in [2.05, 4.69) is 5.32 Å². The number of hydrogen-bond donors (Lipinski definition) is 2. The quantitative estimate of drug-likeness (QED) is 0.880. The Bertz CT molecular complexity index is 580. The summed E-state index contributed by atoms with van der Waals surface area (Å²) in [5, 5.41) is 14.3. The van der Waals surface area contributed by atoms with Crippen molar-refractivity contribution in [1.29, 1.82) is 0 Å². The predicted molar refractivity (Wildman–Crippen MR) is 76.0 cm³/mol. The van der Waals surface area contributed by atoms with Crippen molar-refractivity contribution in [3.05, 3.63) is 46.2 Å². The van der Waals surface area contributed by atoms with Crippen LogP contribution < -0.4 is 10.1 Å². The van der Waals surface area contributed by atoms with Crippen LogP contribution in [0.3, 0.4) is 0 Å². The Morgan fingerprint density at radius 3 is 2.79 bits per heavy atom. The molecule has 0 radical (unpaired) electrons. The van der Waals surface area contributed by atoms with E-state index in [1.807, 2.05) is 36.6 Å². The van der Waals surface area contributed by atoms with Gasteiger partial charge in [-0.1, -0.05) is 6.07 Å². The lowest BCUT2D eigenvalue weighted by Crippen LogP contribution is -2.20. The molecule has 0 aliphatic rings. The van der Waals surface area contributed by atoms with Crippen LogP contribution in [0, 0.1) is 6.92 Å². The van der Waals surface area contributed by atoms with Gasteiger partial charge in [0.1, 0.15) is 5.75 Å². The van der Waals surface area contributed by atoms with E-state index in [9.17, 15) is 9.90 Å². The second-order valence-electron chi connectivity index (χ2n) is 4.12. The highest BCUT2D eigenvalue weighted by Gasteiger charge is 2.22. The Hall–Kier alpha value is -2.01. The monoisotopic (exact) mass is 277 g/mol. The number of hydrogen-bond acceptors (Lipinski definition) is 4. The van der Waals surface area contributed by atoms with E-state index in [-0.39, 0.29) is 0 Å². The van der Waals surface area contributed by atoms with Gasteiger partial charge in [-0.05, 0) is 36.1 Å². The third-order valence-electron chi connectivity index (χ3n) is 2.79. The molecule has 1 atom stereocenters. The summed E-state index contributed by atoms with van der Waals surface area (Å²) in [5.41, 5.74) is 1.70. The maximum atomic E-state index is 11.4. The molecule has 100 valence electrons. The number of ether oxygens (including phenoxy) is 1. The molecule has 0 fully saturated rings. The Balaban J connectivity index is 2.27. The number of nitrogens with one attached hydrogen (secondary N) is 1. The van der Waals surface area contributed by atoms with Crippen LogP contribution in [0.15, 0.2) is 35.7 Å². The molecule has 5 heteroatoms. The number of carboxylic acids is 1. The molecule has 4 nitrogen and oxygen atoms in total. The molecule has 2 aromatic rings. The molecule has 0 aliphatic carbocycles. The van der Waals surface area contributed by atoms with Crippen LogP contribution in [-0.2, 0) is 4.79 Å². The molecule has 2 rings (SSSR count).